The minimum atomic E-state index is -2.91. The van der Waals surface area contributed by atoms with Crippen molar-refractivity contribution < 1.29 is 13.2 Å². The van der Waals surface area contributed by atoms with E-state index in [9.17, 15) is 13.2 Å². The predicted molar refractivity (Wildman–Crippen MR) is 86.7 cm³/mol. The van der Waals surface area contributed by atoms with Crippen LogP contribution in [0.15, 0.2) is 24.3 Å². The highest BCUT2D eigenvalue weighted by atomic mass is 35.5. The van der Waals surface area contributed by atoms with E-state index in [0.717, 1.165) is 5.56 Å². The Morgan fingerprint density at radius 1 is 1.18 bits per heavy atom. The van der Waals surface area contributed by atoms with Crippen molar-refractivity contribution >= 4 is 27.3 Å². The van der Waals surface area contributed by atoms with Crippen molar-refractivity contribution in [3.63, 3.8) is 0 Å². The van der Waals surface area contributed by atoms with E-state index in [2.05, 4.69) is 0 Å². The van der Waals surface area contributed by atoms with Gasteiger partial charge in [0.2, 0.25) is 5.91 Å². The number of amides is 1. The van der Waals surface area contributed by atoms with Crippen LogP contribution in [0.2, 0.25) is 5.02 Å². The van der Waals surface area contributed by atoms with Crippen molar-refractivity contribution in [3.05, 3.63) is 34.9 Å². The minimum absolute atomic E-state index is 0.0207. The number of carbonyl (C=O) groups excluding carboxylic acids is 1. The molecule has 0 radical (unpaired) electrons. The molecule has 0 saturated carbocycles. The molecule has 0 aliphatic carbocycles. The summed E-state index contributed by atoms with van der Waals surface area (Å²) in [5.74, 6) is 0.640. The highest BCUT2D eigenvalue weighted by Crippen LogP contribution is 2.37. The number of fused-ring (bicyclic) bond motifs is 1. The number of likely N-dealkylation sites (tertiary alicyclic amines) is 1. The van der Waals surface area contributed by atoms with Gasteiger partial charge in [-0.3, -0.25) is 4.79 Å². The van der Waals surface area contributed by atoms with Gasteiger partial charge in [-0.1, -0.05) is 29.8 Å². The van der Waals surface area contributed by atoms with Gasteiger partial charge < -0.3 is 4.90 Å². The summed E-state index contributed by atoms with van der Waals surface area (Å²) in [4.78, 5) is 14.7. The summed E-state index contributed by atoms with van der Waals surface area (Å²) in [6, 6.07) is 7.39. The first kappa shape index (κ1) is 15.8. The van der Waals surface area contributed by atoms with Gasteiger partial charge in [-0.15, -0.1) is 0 Å². The van der Waals surface area contributed by atoms with E-state index in [4.69, 9.17) is 11.6 Å². The maximum absolute atomic E-state index is 12.9. The third-order valence-electron chi connectivity index (χ3n) is 4.88. The van der Waals surface area contributed by atoms with Gasteiger partial charge in [-0.05, 0) is 37.3 Å². The van der Waals surface area contributed by atoms with E-state index in [1.807, 2.05) is 36.9 Å². The SMILES string of the molecule is CC(C)(C(=O)N1C[C@@H]2CS(=O)(=O)C[C@@H]2C1)c1ccccc1Cl. The lowest BCUT2D eigenvalue weighted by atomic mass is 9.83. The van der Waals surface area contributed by atoms with E-state index in [1.54, 1.807) is 6.07 Å². The van der Waals surface area contributed by atoms with E-state index in [0.29, 0.717) is 18.1 Å². The van der Waals surface area contributed by atoms with Crippen LogP contribution in [0.1, 0.15) is 19.4 Å². The molecule has 0 aromatic heterocycles. The number of sulfone groups is 1. The van der Waals surface area contributed by atoms with Gasteiger partial charge in [0.05, 0.1) is 16.9 Å². The number of hydrogen-bond acceptors (Lipinski definition) is 3. The van der Waals surface area contributed by atoms with Crippen LogP contribution >= 0.6 is 11.6 Å². The van der Waals surface area contributed by atoms with Crippen LogP contribution in [0.25, 0.3) is 0 Å². The molecule has 2 saturated heterocycles. The topological polar surface area (TPSA) is 54.5 Å². The molecule has 2 atom stereocenters. The van der Waals surface area contributed by atoms with Crippen molar-refractivity contribution in [3.8, 4) is 0 Å². The summed E-state index contributed by atoms with van der Waals surface area (Å²) in [6.45, 7) is 4.83. The third-order valence-corrected chi connectivity index (χ3v) is 7.08. The summed E-state index contributed by atoms with van der Waals surface area (Å²) in [5.41, 5.74) is 0.0990. The van der Waals surface area contributed by atoms with E-state index < -0.39 is 15.3 Å². The number of hydrogen-bond donors (Lipinski definition) is 0. The Kier molecular flexibility index (Phi) is 3.76. The van der Waals surface area contributed by atoms with Gasteiger partial charge in [0, 0.05) is 18.1 Å². The number of benzene rings is 1. The highest BCUT2D eigenvalue weighted by molar-refractivity contribution is 7.91. The summed E-state index contributed by atoms with van der Waals surface area (Å²) in [7, 11) is -2.91. The first-order valence-electron chi connectivity index (χ1n) is 7.45. The Hall–Kier alpha value is -1.07. The van der Waals surface area contributed by atoms with Crippen molar-refractivity contribution in [2.75, 3.05) is 24.6 Å². The molecule has 4 nitrogen and oxygen atoms in total. The van der Waals surface area contributed by atoms with Crippen LogP contribution in [0.4, 0.5) is 0 Å². The summed E-state index contributed by atoms with van der Waals surface area (Å²) >= 11 is 6.24. The number of halogens is 1. The summed E-state index contributed by atoms with van der Waals surface area (Å²) in [5, 5.41) is 0.586. The second-order valence-electron chi connectivity index (χ2n) is 6.91. The van der Waals surface area contributed by atoms with Crippen molar-refractivity contribution in [2.24, 2.45) is 11.8 Å². The molecule has 2 fully saturated rings. The van der Waals surface area contributed by atoms with Crippen molar-refractivity contribution in [1.29, 1.82) is 0 Å². The zero-order valence-electron chi connectivity index (χ0n) is 12.8. The number of rotatable bonds is 2. The average molecular weight is 342 g/mol. The highest BCUT2D eigenvalue weighted by Gasteiger charge is 2.47. The second kappa shape index (κ2) is 5.24. The number of carbonyl (C=O) groups is 1. The molecule has 3 rings (SSSR count). The van der Waals surface area contributed by atoms with Crippen LogP contribution < -0.4 is 0 Å². The fraction of sp³-hybridized carbons (Fsp3) is 0.562. The minimum Gasteiger partial charge on any atom is -0.341 e. The maximum Gasteiger partial charge on any atom is 0.232 e. The Bertz CT molecular complexity index is 694. The molecule has 2 aliphatic heterocycles. The fourth-order valence-electron chi connectivity index (χ4n) is 3.68. The molecule has 120 valence electrons. The van der Waals surface area contributed by atoms with E-state index >= 15 is 0 Å². The quantitative estimate of drug-likeness (QED) is 0.828. The molecular formula is C16H20ClNO3S. The molecule has 1 aromatic carbocycles. The molecule has 2 aliphatic rings. The molecule has 1 amide bonds. The van der Waals surface area contributed by atoms with Crippen LogP contribution in [-0.2, 0) is 20.0 Å². The van der Waals surface area contributed by atoms with Gasteiger partial charge in [-0.2, -0.15) is 0 Å². The van der Waals surface area contributed by atoms with Crippen LogP contribution in [0.5, 0.6) is 0 Å². The molecule has 2 heterocycles. The third kappa shape index (κ3) is 2.65. The molecule has 0 spiro atoms. The zero-order valence-corrected chi connectivity index (χ0v) is 14.3. The van der Waals surface area contributed by atoms with Gasteiger partial charge >= 0.3 is 0 Å². The standard InChI is InChI=1S/C16H20ClNO3S/c1-16(2,13-5-3-4-6-14(13)17)15(19)18-7-11-9-22(20,21)10-12(11)8-18/h3-6,11-12H,7-10H2,1-2H3/t11-,12+. The fourth-order valence-corrected chi connectivity index (χ4v) is 6.25. The molecule has 6 heteroatoms. The largest absolute Gasteiger partial charge is 0.341 e. The smallest absolute Gasteiger partial charge is 0.232 e. The van der Waals surface area contributed by atoms with Crippen LogP contribution in [-0.4, -0.2) is 43.8 Å². The molecule has 0 unspecified atom stereocenters. The summed E-state index contributed by atoms with van der Waals surface area (Å²) in [6.07, 6.45) is 0. The normalized spacial score (nSPS) is 27.0. The second-order valence-corrected chi connectivity index (χ2v) is 9.47. The van der Waals surface area contributed by atoms with Gasteiger partial charge in [0.15, 0.2) is 9.84 Å². The summed E-state index contributed by atoms with van der Waals surface area (Å²) < 4.78 is 23.3. The maximum atomic E-state index is 12.9. The van der Waals surface area contributed by atoms with Gasteiger partial charge in [0.1, 0.15) is 0 Å². The zero-order chi connectivity index (χ0) is 16.1. The predicted octanol–water partition coefficient (Wildman–Crippen LogP) is 2.12. The Morgan fingerprint density at radius 3 is 2.27 bits per heavy atom. The monoisotopic (exact) mass is 341 g/mol. The lowest BCUT2D eigenvalue weighted by Gasteiger charge is -2.30. The molecule has 1 aromatic rings. The molecular weight excluding hydrogens is 322 g/mol. The Labute approximate surface area is 136 Å². The molecule has 0 N–H and O–H groups in total. The van der Waals surface area contributed by atoms with Crippen molar-refractivity contribution in [2.45, 2.75) is 19.3 Å². The lowest BCUT2D eigenvalue weighted by Crippen LogP contribution is -2.43. The number of nitrogens with zero attached hydrogens (tertiary/aromatic N) is 1. The average Bonchev–Trinajstić information content (AvgIpc) is 2.91. The van der Waals surface area contributed by atoms with Gasteiger partial charge in [0.25, 0.3) is 0 Å². The first-order valence-corrected chi connectivity index (χ1v) is 9.65. The van der Waals surface area contributed by atoms with E-state index in [-0.39, 0.29) is 29.2 Å². The first-order chi connectivity index (χ1) is 10.2. The lowest BCUT2D eigenvalue weighted by molar-refractivity contribution is -0.135. The Balaban J connectivity index is 1.80. The molecule has 0 bridgehead atoms. The van der Waals surface area contributed by atoms with E-state index in [1.165, 1.54) is 0 Å². The molecule has 22 heavy (non-hydrogen) atoms. The van der Waals surface area contributed by atoms with Crippen LogP contribution in [0.3, 0.4) is 0 Å². The van der Waals surface area contributed by atoms with Crippen molar-refractivity contribution in [1.82, 2.24) is 4.90 Å². The van der Waals surface area contributed by atoms with Crippen LogP contribution in [0, 0.1) is 11.8 Å². The Morgan fingerprint density at radius 2 is 1.73 bits per heavy atom. The van der Waals surface area contributed by atoms with Gasteiger partial charge in [-0.25, -0.2) is 8.42 Å².